The predicted molar refractivity (Wildman–Crippen MR) is 109 cm³/mol. The number of carbonyl (C=O) groups is 1. The third-order valence-corrected chi connectivity index (χ3v) is 4.12. The summed E-state index contributed by atoms with van der Waals surface area (Å²) in [6.07, 6.45) is 3.20. The number of amides is 1. The van der Waals surface area contributed by atoms with Crippen LogP contribution in [0.3, 0.4) is 0 Å². The van der Waals surface area contributed by atoms with Gasteiger partial charge in [-0.15, -0.1) is 0 Å². The van der Waals surface area contributed by atoms with E-state index >= 15 is 0 Å². The molecule has 0 aromatic heterocycles. The number of anilines is 1. The maximum Gasteiger partial charge on any atom is 0.248 e. The summed E-state index contributed by atoms with van der Waals surface area (Å²) in [6.45, 7) is 0. The van der Waals surface area contributed by atoms with E-state index in [2.05, 4.69) is 5.32 Å². The maximum absolute atomic E-state index is 12.5. The minimum Gasteiger partial charge on any atom is -0.493 e. The van der Waals surface area contributed by atoms with Gasteiger partial charge >= 0.3 is 0 Å². The minimum absolute atomic E-state index is 0.219. The van der Waals surface area contributed by atoms with Crippen molar-refractivity contribution in [2.75, 3.05) is 19.5 Å². The van der Waals surface area contributed by atoms with Gasteiger partial charge in [0.2, 0.25) is 5.91 Å². The summed E-state index contributed by atoms with van der Waals surface area (Å²) >= 11 is 0. The molecule has 136 valence electrons. The quantitative estimate of drug-likeness (QED) is 0.629. The van der Waals surface area contributed by atoms with Crippen molar-refractivity contribution >= 4 is 17.7 Å². The smallest absolute Gasteiger partial charge is 0.248 e. The summed E-state index contributed by atoms with van der Waals surface area (Å²) in [7, 11) is 3.16. The van der Waals surface area contributed by atoms with Gasteiger partial charge in [0, 0.05) is 22.9 Å². The number of ether oxygens (including phenoxy) is 2. The molecule has 27 heavy (non-hydrogen) atoms. The van der Waals surface area contributed by atoms with Crippen LogP contribution in [0.4, 0.5) is 5.69 Å². The maximum atomic E-state index is 12.5. The first-order valence-electron chi connectivity index (χ1n) is 8.57. The van der Waals surface area contributed by atoms with Gasteiger partial charge in [-0.1, -0.05) is 60.7 Å². The Morgan fingerprint density at radius 3 is 2.33 bits per heavy atom. The fraction of sp³-hybridized carbons (Fsp3) is 0.0870. The van der Waals surface area contributed by atoms with Gasteiger partial charge in [0.1, 0.15) is 0 Å². The molecular formula is C23H21NO3. The Morgan fingerprint density at radius 1 is 0.852 bits per heavy atom. The van der Waals surface area contributed by atoms with Gasteiger partial charge in [-0.25, -0.2) is 0 Å². The van der Waals surface area contributed by atoms with Crippen LogP contribution in [0.25, 0.3) is 17.2 Å². The second-order valence-corrected chi connectivity index (χ2v) is 5.82. The summed E-state index contributed by atoms with van der Waals surface area (Å²) in [6, 6.07) is 23.2. The van der Waals surface area contributed by atoms with Crippen molar-refractivity contribution in [2.24, 2.45) is 0 Å². The summed E-state index contributed by atoms with van der Waals surface area (Å²) in [5, 5.41) is 2.95. The van der Waals surface area contributed by atoms with Crippen molar-refractivity contribution in [3.05, 3.63) is 84.4 Å². The van der Waals surface area contributed by atoms with Gasteiger partial charge < -0.3 is 14.8 Å². The summed E-state index contributed by atoms with van der Waals surface area (Å²) in [5.41, 5.74) is 3.55. The number of hydrogen-bond acceptors (Lipinski definition) is 3. The van der Waals surface area contributed by atoms with Crippen LogP contribution in [0, 0.1) is 0 Å². The molecule has 0 radical (unpaired) electrons. The van der Waals surface area contributed by atoms with Gasteiger partial charge in [-0.05, 0) is 23.8 Å². The molecule has 0 fully saturated rings. The predicted octanol–water partition coefficient (Wildman–Crippen LogP) is 5.02. The van der Waals surface area contributed by atoms with Crippen LogP contribution in [0.5, 0.6) is 11.5 Å². The van der Waals surface area contributed by atoms with E-state index in [1.165, 1.54) is 6.08 Å². The molecule has 0 saturated carbocycles. The van der Waals surface area contributed by atoms with Crippen molar-refractivity contribution in [3.8, 4) is 22.6 Å². The number of rotatable bonds is 6. The molecule has 0 spiro atoms. The van der Waals surface area contributed by atoms with Crippen LogP contribution in [-0.2, 0) is 4.79 Å². The van der Waals surface area contributed by atoms with Gasteiger partial charge in [0.25, 0.3) is 0 Å². The van der Waals surface area contributed by atoms with E-state index in [1.54, 1.807) is 20.3 Å². The van der Waals surface area contributed by atoms with Crippen molar-refractivity contribution in [3.63, 3.8) is 0 Å². The van der Waals surface area contributed by atoms with E-state index in [9.17, 15) is 4.79 Å². The van der Waals surface area contributed by atoms with Gasteiger partial charge in [0.15, 0.2) is 11.5 Å². The van der Waals surface area contributed by atoms with Crippen LogP contribution in [0.15, 0.2) is 78.9 Å². The molecule has 0 aliphatic heterocycles. The van der Waals surface area contributed by atoms with Crippen molar-refractivity contribution in [1.29, 1.82) is 0 Å². The standard InChI is InChI=1S/C23H21NO3/c1-26-21-14-8-11-18(23(21)27-2)15-16-22(25)24-20-13-7-6-12-19(20)17-9-4-3-5-10-17/h3-16H,1-2H3,(H,24,25). The summed E-state index contributed by atoms with van der Waals surface area (Å²) < 4.78 is 10.7. The van der Waals surface area contributed by atoms with E-state index in [-0.39, 0.29) is 5.91 Å². The Bertz CT molecular complexity index is 949. The van der Waals surface area contributed by atoms with Crippen LogP contribution >= 0.6 is 0 Å². The molecule has 0 saturated heterocycles. The molecule has 0 atom stereocenters. The number of methoxy groups -OCH3 is 2. The lowest BCUT2D eigenvalue weighted by Crippen LogP contribution is -2.08. The molecule has 4 heteroatoms. The molecule has 0 heterocycles. The summed E-state index contributed by atoms with van der Waals surface area (Å²) in [5.74, 6) is 0.992. The largest absolute Gasteiger partial charge is 0.493 e. The van der Waals surface area contributed by atoms with Gasteiger partial charge in [-0.2, -0.15) is 0 Å². The zero-order chi connectivity index (χ0) is 19.1. The Morgan fingerprint density at radius 2 is 1.59 bits per heavy atom. The van der Waals surface area contributed by atoms with E-state index in [4.69, 9.17) is 9.47 Å². The van der Waals surface area contributed by atoms with Gasteiger partial charge in [-0.3, -0.25) is 4.79 Å². The Kier molecular flexibility index (Phi) is 5.90. The number of nitrogens with one attached hydrogen (secondary N) is 1. The van der Waals surface area contributed by atoms with Gasteiger partial charge in [0.05, 0.1) is 14.2 Å². The highest BCUT2D eigenvalue weighted by molar-refractivity contribution is 6.04. The zero-order valence-electron chi connectivity index (χ0n) is 15.3. The summed E-state index contributed by atoms with van der Waals surface area (Å²) in [4.78, 5) is 12.5. The first-order chi connectivity index (χ1) is 13.2. The van der Waals surface area contributed by atoms with E-state index < -0.39 is 0 Å². The zero-order valence-corrected chi connectivity index (χ0v) is 15.3. The Labute approximate surface area is 159 Å². The Balaban J connectivity index is 1.81. The number of hydrogen-bond donors (Lipinski definition) is 1. The third-order valence-electron chi connectivity index (χ3n) is 4.12. The molecule has 0 unspecified atom stereocenters. The van der Waals surface area contributed by atoms with Crippen LogP contribution in [-0.4, -0.2) is 20.1 Å². The third kappa shape index (κ3) is 4.36. The van der Waals surface area contributed by atoms with Crippen molar-refractivity contribution in [1.82, 2.24) is 0 Å². The molecule has 3 aromatic carbocycles. The second-order valence-electron chi connectivity index (χ2n) is 5.82. The van der Waals surface area contributed by atoms with Crippen LogP contribution < -0.4 is 14.8 Å². The lowest BCUT2D eigenvalue weighted by atomic mass is 10.0. The second kappa shape index (κ2) is 8.72. The van der Waals surface area contributed by atoms with E-state index in [1.807, 2.05) is 72.8 Å². The fourth-order valence-corrected chi connectivity index (χ4v) is 2.84. The average molecular weight is 359 g/mol. The molecular weight excluding hydrogens is 338 g/mol. The number of carbonyl (C=O) groups excluding carboxylic acids is 1. The molecule has 0 aliphatic carbocycles. The lowest BCUT2D eigenvalue weighted by molar-refractivity contribution is -0.111. The van der Waals surface area contributed by atoms with Crippen LogP contribution in [0.2, 0.25) is 0 Å². The highest BCUT2D eigenvalue weighted by Crippen LogP contribution is 2.31. The monoisotopic (exact) mass is 359 g/mol. The average Bonchev–Trinajstić information content (AvgIpc) is 2.72. The first-order valence-corrected chi connectivity index (χ1v) is 8.57. The van der Waals surface area contributed by atoms with Crippen molar-refractivity contribution < 1.29 is 14.3 Å². The van der Waals surface area contributed by atoms with E-state index in [0.717, 1.165) is 22.4 Å². The normalized spacial score (nSPS) is 10.6. The molecule has 3 rings (SSSR count). The molecule has 3 aromatic rings. The van der Waals surface area contributed by atoms with E-state index in [0.29, 0.717) is 11.5 Å². The minimum atomic E-state index is -0.219. The number of para-hydroxylation sites is 2. The molecule has 0 bridgehead atoms. The molecule has 0 aliphatic rings. The highest BCUT2D eigenvalue weighted by atomic mass is 16.5. The SMILES string of the molecule is COc1cccc(C=CC(=O)Nc2ccccc2-c2ccccc2)c1OC. The number of benzene rings is 3. The highest BCUT2D eigenvalue weighted by Gasteiger charge is 2.09. The topological polar surface area (TPSA) is 47.6 Å². The van der Waals surface area contributed by atoms with Crippen LogP contribution in [0.1, 0.15) is 5.56 Å². The molecule has 4 nitrogen and oxygen atoms in total. The lowest BCUT2D eigenvalue weighted by Gasteiger charge is -2.11. The first kappa shape index (κ1) is 18.3. The molecule has 1 N–H and O–H groups in total. The fourth-order valence-electron chi connectivity index (χ4n) is 2.84. The molecule has 1 amide bonds. The van der Waals surface area contributed by atoms with Crippen molar-refractivity contribution in [2.45, 2.75) is 0 Å². The Hall–Kier alpha value is -3.53.